The molecular formula is C13H12INOS. The van der Waals surface area contributed by atoms with Crippen LogP contribution in [0.4, 0.5) is 0 Å². The molecule has 2 nitrogen and oxygen atoms in total. The number of amides is 1. The number of hydrogen-bond acceptors (Lipinski definition) is 2. The number of carbonyl (C=O) groups excluding carboxylic acids is 1. The lowest BCUT2D eigenvalue weighted by molar-refractivity contribution is 0.0940. The Hall–Kier alpha value is -0.880. The molecule has 0 spiro atoms. The van der Waals surface area contributed by atoms with Gasteiger partial charge in [0.05, 0.1) is 6.04 Å². The summed E-state index contributed by atoms with van der Waals surface area (Å²) in [7, 11) is 0. The Bertz CT molecular complexity index is 510. The fourth-order valence-corrected chi connectivity index (χ4v) is 2.80. The van der Waals surface area contributed by atoms with E-state index in [0.29, 0.717) is 5.56 Å². The molecule has 2 rings (SSSR count). The molecule has 2 aromatic rings. The Morgan fingerprint density at radius 3 is 2.82 bits per heavy atom. The first-order valence-corrected chi connectivity index (χ1v) is 7.22. The average Bonchev–Trinajstić information content (AvgIpc) is 2.82. The summed E-state index contributed by atoms with van der Waals surface area (Å²) in [6, 6.07) is 11.7. The minimum Gasteiger partial charge on any atom is -0.345 e. The van der Waals surface area contributed by atoms with Gasteiger partial charge in [0.25, 0.3) is 5.91 Å². The van der Waals surface area contributed by atoms with Crippen LogP contribution in [-0.2, 0) is 0 Å². The third-order valence-corrected chi connectivity index (χ3v) is 4.13. The molecule has 17 heavy (non-hydrogen) atoms. The van der Waals surface area contributed by atoms with E-state index in [2.05, 4.69) is 27.9 Å². The predicted octanol–water partition coefficient (Wildman–Crippen LogP) is 3.84. The molecule has 88 valence electrons. The third-order valence-electron chi connectivity index (χ3n) is 2.40. The molecule has 0 saturated carbocycles. The number of benzene rings is 1. The number of hydrogen-bond donors (Lipinski definition) is 1. The minimum absolute atomic E-state index is 0.0237. The summed E-state index contributed by atoms with van der Waals surface area (Å²) < 4.78 is 1.07. The van der Waals surface area contributed by atoms with Crippen LogP contribution in [0, 0.1) is 3.57 Å². The predicted molar refractivity (Wildman–Crippen MR) is 79.4 cm³/mol. The van der Waals surface area contributed by atoms with E-state index in [0.717, 1.165) is 3.57 Å². The molecule has 1 heterocycles. The number of rotatable bonds is 3. The molecule has 0 fully saturated rings. The standard InChI is InChI=1S/C13H12INOS/c1-9(12-6-3-7-17-12)15-13(16)10-4-2-5-11(14)8-10/h2-9H,1H3,(H,15,16). The van der Waals surface area contributed by atoms with Gasteiger partial charge < -0.3 is 5.32 Å². The van der Waals surface area contributed by atoms with E-state index in [9.17, 15) is 4.79 Å². The lowest BCUT2D eigenvalue weighted by atomic mass is 10.2. The van der Waals surface area contributed by atoms with Crippen molar-refractivity contribution in [1.29, 1.82) is 0 Å². The highest BCUT2D eigenvalue weighted by molar-refractivity contribution is 14.1. The topological polar surface area (TPSA) is 29.1 Å². The second kappa shape index (κ2) is 5.64. The Kier molecular flexibility index (Phi) is 4.17. The minimum atomic E-state index is -0.0237. The largest absolute Gasteiger partial charge is 0.345 e. The summed E-state index contributed by atoms with van der Waals surface area (Å²) >= 11 is 3.86. The molecule has 1 aromatic carbocycles. The van der Waals surface area contributed by atoms with Gasteiger partial charge in [0.15, 0.2) is 0 Å². The lowest BCUT2D eigenvalue weighted by Crippen LogP contribution is -2.26. The molecule has 1 unspecified atom stereocenters. The van der Waals surface area contributed by atoms with Crippen molar-refractivity contribution in [3.63, 3.8) is 0 Å². The number of carbonyl (C=O) groups is 1. The monoisotopic (exact) mass is 357 g/mol. The first kappa shape index (κ1) is 12.6. The highest BCUT2D eigenvalue weighted by Gasteiger charge is 2.11. The van der Waals surface area contributed by atoms with E-state index in [1.54, 1.807) is 11.3 Å². The molecule has 1 N–H and O–H groups in total. The second-order valence-corrected chi connectivity index (χ2v) is 5.95. The third kappa shape index (κ3) is 3.29. The summed E-state index contributed by atoms with van der Waals surface area (Å²) in [6.07, 6.45) is 0. The maximum absolute atomic E-state index is 12.0. The van der Waals surface area contributed by atoms with E-state index >= 15 is 0 Å². The van der Waals surface area contributed by atoms with Gasteiger partial charge in [0.2, 0.25) is 0 Å². The molecule has 1 atom stereocenters. The van der Waals surface area contributed by atoms with Gasteiger partial charge in [-0.25, -0.2) is 0 Å². The first-order chi connectivity index (χ1) is 8.16. The van der Waals surface area contributed by atoms with Crippen LogP contribution in [0.1, 0.15) is 28.2 Å². The number of nitrogens with one attached hydrogen (secondary N) is 1. The second-order valence-electron chi connectivity index (χ2n) is 3.72. The quantitative estimate of drug-likeness (QED) is 0.831. The van der Waals surface area contributed by atoms with Gasteiger partial charge in [-0.1, -0.05) is 12.1 Å². The summed E-state index contributed by atoms with van der Waals surface area (Å²) in [4.78, 5) is 13.2. The lowest BCUT2D eigenvalue weighted by Gasteiger charge is -2.12. The van der Waals surface area contributed by atoms with Gasteiger partial charge in [-0.05, 0) is 59.2 Å². The van der Waals surface area contributed by atoms with Crippen LogP contribution in [0.5, 0.6) is 0 Å². The van der Waals surface area contributed by atoms with E-state index < -0.39 is 0 Å². The molecule has 1 aromatic heterocycles. The zero-order valence-electron chi connectivity index (χ0n) is 9.31. The van der Waals surface area contributed by atoms with Crippen molar-refractivity contribution in [3.8, 4) is 0 Å². The van der Waals surface area contributed by atoms with Gasteiger partial charge in [-0.15, -0.1) is 11.3 Å². The Labute approximate surface area is 118 Å². The van der Waals surface area contributed by atoms with Crippen LogP contribution >= 0.6 is 33.9 Å². The van der Waals surface area contributed by atoms with Crippen molar-refractivity contribution in [1.82, 2.24) is 5.32 Å². The molecule has 1 amide bonds. The Morgan fingerprint density at radius 1 is 1.35 bits per heavy atom. The van der Waals surface area contributed by atoms with Crippen molar-refractivity contribution in [2.75, 3.05) is 0 Å². The fourth-order valence-electron chi connectivity index (χ4n) is 1.52. The van der Waals surface area contributed by atoms with Crippen molar-refractivity contribution in [3.05, 3.63) is 55.8 Å². The van der Waals surface area contributed by atoms with E-state index in [1.165, 1.54) is 4.88 Å². The fraction of sp³-hybridized carbons (Fsp3) is 0.154. The van der Waals surface area contributed by atoms with Crippen LogP contribution in [-0.4, -0.2) is 5.91 Å². The maximum atomic E-state index is 12.0. The number of thiophene rings is 1. The van der Waals surface area contributed by atoms with Crippen molar-refractivity contribution < 1.29 is 4.79 Å². The molecule has 0 radical (unpaired) electrons. The molecule has 0 aliphatic heterocycles. The smallest absolute Gasteiger partial charge is 0.251 e. The highest BCUT2D eigenvalue weighted by atomic mass is 127. The van der Waals surface area contributed by atoms with Gasteiger partial charge in [0.1, 0.15) is 0 Å². The zero-order chi connectivity index (χ0) is 12.3. The molecular weight excluding hydrogens is 345 g/mol. The van der Waals surface area contributed by atoms with Crippen LogP contribution < -0.4 is 5.32 Å². The Balaban J connectivity index is 2.07. The van der Waals surface area contributed by atoms with Crippen molar-refractivity contribution in [2.24, 2.45) is 0 Å². The normalized spacial score (nSPS) is 12.1. The first-order valence-electron chi connectivity index (χ1n) is 5.26. The van der Waals surface area contributed by atoms with Crippen molar-refractivity contribution in [2.45, 2.75) is 13.0 Å². The zero-order valence-corrected chi connectivity index (χ0v) is 12.3. The van der Waals surface area contributed by atoms with E-state index in [-0.39, 0.29) is 11.9 Å². The molecule has 0 bridgehead atoms. The van der Waals surface area contributed by atoms with E-state index in [4.69, 9.17) is 0 Å². The van der Waals surface area contributed by atoms with Crippen LogP contribution in [0.15, 0.2) is 41.8 Å². The number of halogens is 1. The van der Waals surface area contributed by atoms with Crippen LogP contribution in [0.3, 0.4) is 0 Å². The van der Waals surface area contributed by atoms with Crippen LogP contribution in [0.2, 0.25) is 0 Å². The molecule has 0 aliphatic carbocycles. The van der Waals surface area contributed by atoms with Gasteiger partial charge in [0, 0.05) is 14.0 Å². The average molecular weight is 357 g/mol. The van der Waals surface area contributed by atoms with Gasteiger partial charge in [-0.3, -0.25) is 4.79 Å². The van der Waals surface area contributed by atoms with Gasteiger partial charge in [-0.2, -0.15) is 0 Å². The molecule has 0 saturated heterocycles. The SMILES string of the molecule is CC(NC(=O)c1cccc(I)c1)c1cccs1. The van der Waals surface area contributed by atoms with Gasteiger partial charge >= 0.3 is 0 Å². The summed E-state index contributed by atoms with van der Waals surface area (Å²) in [5.74, 6) is -0.0237. The summed E-state index contributed by atoms with van der Waals surface area (Å²) in [5.41, 5.74) is 0.709. The van der Waals surface area contributed by atoms with E-state index in [1.807, 2.05) is 48.7 Å². The highest BCUT2D eigenvalue weighted by Crippen LogP contribution is 2.18. The Morgan fingerprint density at radius 2 is 2.18 bits per heavy atom. The van der Waals surface area contributed by atoms with Crippen molar-refractivity contribution >= 4 is 39.8 Å². The van der Waals surface area contributed by atoms with Crippen LogP contribution in [0.25, 0.3) is 0 Å². The molecule has 0 aliphatic rings. The maximum Gasteiger partial charge on any atom is 0.251 e. The summed E-state index contributed by atoms with van der Waals surface area (Å²) in [5, 5.41) is 5.01. The molecule has 4 heteroatoms. The summed E-state index contributed by atoms with van der Waals surface area (Å²) in [6.45, 7) is 2.00.